The van der Waals surface area contributed by atoms with Crippen LogP contribution in [0.1, 0.15) is 36.5 Å². The van der Waals surface area contributed by atoms with Crippen LogP contribution in [0.15, 0.2) is 24.3 Å². The number of rotatable bonds is 6. The number of carbonyl (C=O) groups excluding carboxylic acids is 3. The fraction of sp³-hybridized carbons (Fsp3) is 0.500. The number of benzene rings is 1. The molecule has 2 rings (SSSR count). The quantitative estimate of drug-likeness (QED) is 0.783. The Bertz CT molecular complexity index is 635. The second-order valence-electron chi connectivity index (χ2n) is 5.92. The van der Waals surface area contributed by atoms with E-state index in [1.54, 1.807) is 36.1 Å². The molecule has 0 spiro atoms. The summed E-state index contributed by atoms with van der Waals surface area (Å²) in [5.41, 5.74) is 0.386. The van der Waals surface area contributed by atoms with E-state index in [1.807, 2.05) is 0 Å². The smallest absolute Gasteiger partial charge is 0.310 e. The maximum atomic E-state index is 12.3. The van der Waals surface area contributed by atoms with Crippen molar-refractivity contribution in [2.45, 2.75) is 26.2 Å². The number of amides is 2. The van der Waals surface area contributed by atoms with Crippen molar-refractivity contribution in [1.82, 2.24) is 10.2 Å². The second kappa shape index (κ2) is 9.42. The summed E-state index contributed by atoms with van der Waals surface area (Å²) < 4.78 is 5.04. The van der Waals surface area contributed by atoms with Gasteiger partial charge in [-0.1, -0.05) is 23.7 Å². The number of hydrogen-bond acceptors (Lipinski definition) is 4. The summed E-state index contributed by atoms with van der Waals surface area (Å²) in [5.74, 6) is -0.878. The minimum absolute atomic E-state index is 0.0755. The van der Waals surface area contributed by atoms with Gasteiger partial charge >= 0.3 is 5.97 Å². The van der Waals surface area contributed by atoms with Crippen molar-refractivity contribution in [3.8, 4) is 0 Å². The van der Waals surface area contributed by atoms with E-state index in [0.29, 0.717) is 30.3 Å². The van der Waals surface area contributed by atoms with Gasteiger partial charge in [0.25, 0.3) is 5.91 Å². The minimum atomic E-state index is -0.304. The number of piperidine rings is 1. The second-order valence-corrected chi connectivity index (χ2v) is 6.32. The van der Waals surface area contributed by atoms with Crippen molar-refractivity contribution >= 4 is 29.4 Å². The lowest BCUT2D eigenvalue weighted by atomic mass is 9.98. The van der Waals surface area contributed by atoms with Crippen LogP contribution < -0.4 is 5.32 Å². The zero-order chi connectivity index (χ0) is 18.2. The summed E-state index contributed by atoms with van der Waals surface area (Å²) in [4.78, 5) is 37.9. The van der Waals surface area contributed by atoms with E-state index in [1.165, 1.54) is 0 Å². The van der Waals surface area contributed by atoms with Gasteiger partial charge in [0.1, 0.15) is 0 Å². The molecular formula is C18H23ClN2O4. The molecule has 136 valence electrons. The number of nitrogens with one attached hydrogen (secondary N) is 1. The average molecular weight is 367 g/mol. The molecule has 1 aliphatic rings. The molecular weight excluding hydrogens is 344 g/mol. The highest BCUT2D eigenvalue weighted by Crippen LogP contribution is 2.18. The number of halogens is 1. The van der Waals surface area contributed by atoms with E-state index in [0.717, 1.165) is 12.8 Å². The first kappa shape index (κ1) is 19.2. The summed E-state index contributed by atoms with van der Waals surface area (Å²) >= 11 is 5.97. The van der Waals surface area contributed by atoms with Gasteiger partial charge in [-0.25, -0.2) is 0 Å². The van der Waals surface area contributed by atoms with E-state index >= 15 is 0 Å². The Morgan fingerprint density at radius 2 is 2.08 bits per heavy atom. The highest BCUT2D eigenvalue weighted by Gasteiger charge is 2.29. The first-order valence-corrected chi connectivity index (χ1v) is 8.87. The molecule has 0 aromatic heterocycles. The van der Waals surface area contributed by atoms with Gasteiger partial charge in [-0.2, -0.15) is 0 Å². The average Bonchev–Trinajstić information content (AvgIpc) is 2.62. The molecule has 1 saturated heterocycles. The fourth-order valence-corrected chi connectivity index (χ4v) is 3.06. The third kappa shape index (κ3) is 5.46. The molecule has 1 aliphatic heterocycles. The van der Waals surface area contributed by atoms with Gasteiger partial charge in [0.05, 0.1) is 23.1 Å². The molecule has 1 aromatic carbocycles. The van der Waals surface area contributed by atoms with Crippen LogP contribution in [-0.4, -0.2) is 48.9 Å². The van der Waals surface area contributed by atoms with E-state index in [9.17, 15) is 14.4 Å². The van der Waals surface area contributed by atoms with E-state index < -0.39 is 0 Å². The van der Waals surface area contributed by atoms with Crippen molar-refractivity contribution in [3.05, 3.63) is 34.9 Å². The number of hydrogen-bond donors (Lipinski definition) is 1. The Hall–Kier alpha value is -2.08. The molecule has 25 heavy (non-hydrogen) atoms. The number of ether oxygens (including phenoxy) is 1. The van der Waals surface area contributed by atoms with Gasteiger partial charge in [0.2, 0.25) is 5.91 Å². The molecule has 0 unspecified atom stereocenters. The fourth-order valence-electron chi connectivity index (χ4n) is 2.84. The zero-order valence-corrected chi connectivity index (χ0v) is 15.1. The molecule has 1 aromatic rings. The lowest BCUT2D eigenvalue weighted by Gasteiger charge is -2.31. The third-order valence-electron chi connectivity index (χ3n) is 4.14. The summed E-state index contributed by atoms with van der Waals surface area (Å²) in [6.07, 6.45) is 1.71. The van der Waals surface area contributed by atoms with Crippen molar-refractivity contribution in [2.75, 3.05) is 26.2 Å². The van der Waals surface area contributed by atoms with Gasteiger partial charge in [-0.3, -0.25) is 14.4 Å². The van der Waals surface area contributed by atoms with E-state index in [2.05, 4.69) is 5.32 Å². The lowest BCUT2D eigenvalue weighted by Crippen LogP contribution is -2.43. The van der Waals surface area contributed by atoms with Gasteiger partial charge in [0.15, 0.2) is 0 Å². The SMILES string of the molecule is CCOC(=O)[C@H]1CCCN(C(=O)CCNC(=O)c2ccccc2Cl)C1. The van der Waals surface area contributed by atoms with Crippen LogP contribution in [0.3, 0.4) is 0 Å². The summed E-state index contributed by atoms with van der Waals surface area (Å²) in [7, 11) is 0. The molecule has 6 nitrogen and oxygen atoms in total. The van der Waals surface area contributed by atoms with Crippen molar-refractivity contribution in [3.63, 3.8) is 0 Å². The Labute approximate surface area is 152 Å². The van der Waals surface area contributed by atoms with Gasteiger partial charge < -0.3 is 15.0 Å². The van der Waals surface area contributed by atoms with Crippen LogP contribution in [0, 0.1) is 5.92 Å². The highest BCUT2D eigenvalue weighted by molar-refractivity contribution is 6.33. The predicted molar refractivity (Wildman–Crippen MR) is 94.3 cm³/mol. The van der Waals surface area contributed by atoms with Crippen LogP contribution in [0.5, 0.6) is 0 Å². The molecule has 0 bridgehead atoms. The van der Waals surface area contributed by atoms with Crippen LogP contribution in [0.2, 0.25) is 5.02 Å². The lowest BCUT2D eigenvalue weighted by molar-refractivity contribution is -0.151. The number of carbonyl (C=O) groups is 3. The van der Waals surface area contributed by atoms with Crippen molar-refractivity contribution in [1.29, 1.82) is 0 Å². The molecule has 1 fully saturated rings. The molecule has 1 N–H and O–H groups in total. The van der Waals surface area contributed by atoms with Crippen LogP contribution in [0.25, 0.3) is 0 Å². The Morgan fingerprint density at radius 1 is 1.32 bits per heavy atom. The largest absolute Gasteiger partial charge is 0.466 e. The number of nitrogens with zero attached hydrogens (tertiary/aromatic N) is 1. The topological polar surface area (TPSA) is 75.7 Å². The van der Waals surface area contributed by atoms with Crippen molar-refractivity contribution < 1.29 is 19.1 Å². The van der Waals surface area contributed by atoms with E-state index in [-0.39, 0.29) is 36.7 Å². The Balaban J connectivity index is 1.79. The molecule has 7 heteroatoms. The molecule has 1 heterocycles. The van der Waals surface area contributed by atoms with Gasteiger partial charge in [0, 0.05) is 26.1 Å². The first-order chi connectivity index (χ1) is 12.0. The first-order valence-electron chi connectivity index (χ1n) is 8.50. The monoisotopic (exact) mass is 366 g/mol. The van der Waals surface area contributed by atoms with E-state index in [4.69, 9.17) is 16.3 Å². The highest BCUT2D eigenvalue weighted by atomic mass is 35.5. The normalized spacial score (nSPS) is 17.0. The summed E-state index contributed by atoms with van der Waals surface area (Å²) in [6.45, 7) is 3.36. The standard InChI is InChI=1S/C18H23ClN2O4/c1-2-25-18(24)13-6-5-11-21(12-13)16(22)9-10-20-17(23)14-7-3-4-8-15(14)19/h3-4,7-8,13H,2,5-6,9-12H2,1H3,(H,20,23)/t13-/m0/s1. The van der Waals surface area contributed by atoms with Gasteiger partial charge in [-0.05, 0) is 31.9 Å². The molecule has 0 aliphatic carbocycles. The molecule has 0 saturated carbocycles. The van der Waals surface area contributed by atoms with Crippen LogP contribution in [-0.2, 0) is 14.3 Å². The Kier molecular flexibility index (Phi) is 7.25. The third-order valence-corrected chi connectivity index (χ3v) is 4.47. The van der Waals surface area contributed by atoms with Crippen molar-refractivity contribution in [2.24, 2.45) is 5.92 Å². The van der Waals surface area contributed by atoms with Crippen LogP contribution in [0.4, 0.5) is 0 Å². The van der Waals surface area contributed by atoms with Crippen LogP contribution >= 0.6 is 11.6 Å². The molecule has 2 amide bonds. The predicted octanol–water partition coefficient (Wildman–Crippen LogP) is 2.26. The maximum Gasteiger partial charge on any atom is 0.310 e. The minimum Gasteiger partial charge on any atom is -0.466 e. The number of likely N-dealkylation sites (tertiary alicyclic amines) is 1. The summed E-state index contributed by atoms with van der Waals surface area (Å²) in [6, 6.07) is 6.76. The maximum absolute atomic E-state index is 12.3. The van der Waals surface area contributed by atoms with Gasteiger partial charge in [-0.15, -0.1) is 0 Å². The zero-order valence-electron chi connectivity index (χ0n) is 14.3. The summed E-state index contributed by atoms with van der Waals surface area (Å²) in [5, 5.41) is 3.08. The number of esters is 1. The molecule has 0 radical (unpaired) electrons. The molecule has 1 atom stereocenters. The Morgan fingerprint density at radius 3 is 2.80 bits per heavy atom.